The van der Waals surface area contributed by atoms with Gasteiger partial charge < -0.3 is 0 Å². The van der Waals surface area contributed by atoms with Gasteiger partial charge in [0.15, 0.2) is 0 Å². The summed E-state index contributed by atoms with van der Waals surface area (Å²) in [5.41, 5.74) is -0.448. The fraction of sp³-hybridized carbons (Fsp3) is 1.00. The Morgan fingerprint density at radius 3 is 0.714 bits per heavy atom. The number of alkyl halides is 12. The first-order valence-corrected chi connectivity index (χ1v) is 14.2. The molecule has 0 aromatic carbocycles. The van der Waals surface area contributed by atoms with Gasteiger partial charge in [0.05, 0.1) is 0 Å². The molecule has 28 heavy (non-hydrogen) atoms. The molecule has 0 saturated carbocycles. The quantitative estimate of drug-likeness (QED) is 0.250. The second kappa shape index (κ2) is 8.38. The molecule has 0 atom stereocenters. The molecule has 0 aromatic heterocycles. The number of hydrogen-bond acceptors (Lipinski definition) is 0. The van der Waals surface area contributed by atoms with Crippen molar-refractivity contribution in [3.8, 4) is 0 Å². The Morgan fingerprint density at radius 1 is 0.393 bits per heavy atom. The van der Waals surface area contributed by atoms with Crippen LogP contribution in [0.1, 0.15) is 25.7 Å². The van der Waals surface area contributed by atoms with Crippen molar-refractivity contribution in [1.29, 1.82) is 0 Å². The van der Waals surface area contributed by atoms with Crippen molar-refractivity contribution < 1.29 is 52.7 Å². The molecule has 1 heterocycles. The van der Waals surface area contributed by atoms with Gasteiger partial charge in [0.2, 0.25) is 0 Å². The summed E-state index contributed by atoms with van der Waals surface area (Å²) in [5.74, 6) is 0. The van der Waals surface area contributed by atoms with Gasteiger partial charge in [0.1, 0.15) is 0 Å². The summed E-state index contributed by atoms with van der Waals surface area (Å²) >= 11 is 0. The van der Waals surface area contributed by atoms with Crippen LogP contribution in [0, 0.1) is 0 Å². The molecule has 1 aliphatic rings. The van der Waals surface area contributed by atoms with Gasteiger partial charge in [-0.3, -0.25) is 0 Å². The van der Waals surface area contributed by atoms with E-state index in [0.29, 0.717) is 0 Å². The summed E-state index contributed by atoms with van der Waals surface area (Å²) in [4.78, 5) is 0. The van der Waals surface area contributed by atoms with Crippen molar-refractivity contribution in [3.63, 3.8) is 0 Å². The molecule has 0 radical (unpaired) electrons. The fourth-order valence-corrected chi connectivity index (χ4v) is 25.8. The lowest BCUT2D eigenvalue weighted by atomic mass is 10.5. The Balaban J connectivity index is 2.93. The zero-order valence-corrected chi connectivity index (χ0v) is 16.6. The summed E-state index contributed by atoms with van der Waals surface area (Å²) in [5, 5.41) is 0. The summed E-state index contributed by atoms with van der Waals surface area (Å²) in [6.07, 6.45) is -23.9. The standard InChI is InChI=1S/C14H20F12Si2/c15-11(16,17)1-5-27(6-2-12(18,19)20)9-28(10-27,7-3-13(21,22)23)8-4-14(24,25)26/h1-10H2. The summed E-state index contributed by atoms with van der Waals surface area (Å²) < 4.78 is 150. The maximum atomic E-state index is 12.5. The first-order valence-electron chi connectivity index (χ1n) is 8.51. The van der Waals surface area contributed by atoms with Crippen molar-refractivity contribution in [2.24, 2.45) is 0 Å². The Kier molecular flexibility index (Phi) is 7.67. The Labute approximate surface area is 155 Å². The lowest BCUT2D eigenvalue weighted by Gasteiger charge is -2.55. The minimum absolute atomic E-state index is 0.224. The minimum atomic E-state index is -4.63. The molecule has 0 aromatic rings. The highest BCUT2D eigenvalue weighted by molar-refractivity contribution is 7.13. The lowest BCUT2D eigenvalue weighted by molar-refractivity contribution is -0.132. The molecule has 0 nitrogen and oxygen atoms in total. The maximum absolute atomic E-state index is 12.5. The highest BCUT2D eigenvalue weighted by Crippen LogP contribution is 2.54. The van der Waals surface area contributed by atoms with Crippen molar-refractivity contribution >= 4 is 16.1 Å². The van der Waals surface area contributed by atoms with Gasteiger partial charge in [-0.2, -0.15) is 52.7 Å². The molecule has 1 saturated heterocycles. The zero-order chi connectivity index (χ0) is 22.1. The molecule has 0 spiro atoms. The third-order valence-electron chi connectivity index (χ3n) is 5.26. The van der Waals surface area contributed by atoms with E-state index in [1.165, 1.54) is 0 Å². The first-order chi connectivity index (χ1) is 12.2. The summed E-state index contributed by atoms with van der Waals surface area (Å²) in [6.45, 7) is 0. The molecule has 14 heteroatoms. The zero-order valence-electron chi connectivity index (χ0n) is 14.6. The molecular formula is C14H20F12Si2. The van der Waals surface area contributed by atoms with E-state index in [2.05, 4.69) is 0 Å². The fourth-order valence-electron chi connectivity index (χ4n) is 4.12. The van der Waals surface area contributed by atoms with Crippen molar-refractivity contribution in [2.45, 2.75) is 85.9 Å². The first kappa shape index (κ1) is 25.6. The van der Waals surface area contributed by atoms with Crippen LogP contribution >= 0.6 is 0 Å². The lowest BCUT2D eigenvalue weighted by Crippen LogP contribution is -2.63. The van der Waals surface area contributed by atoms with Crippen LogP contribution in [0.25, 0.3) is 0 Å². The van der Waals surface area contributed by atoms with Gasteiger partial charge in [-0.05, 0) is 24.2 Å². The second-order valence-electron chi connectivity index (χ2n) is 7.81. The van der Waals surface area contributed by atoms with Crippen LogP contribution in [-0.4, -0.2) is 40.9 Å². The van der Waals surface area contributed by atoms with Gasteiger partial charge in [-0.1, -0.05) is 11.3 Å². The molecule has 0 N–H and O–H groups in total. The Morgan fingerprint density at radius 2 is 0.571 bits per heavy atom. The van der Waals surface area contributed by atoms with Crippen LogP contribution in [0.2, 0.25) is 35.5 Å². The number of hydrogen-bond donors (Lipinski definition) is 0. The van der Waals surface area contributed by atoms with Gasteiger partial charge >= 0.3 is 24.7 Å². The van der Waals surface area contributed by atoms with E-state index in [4.69, 9.17) is 0 Å². The molecule has 1 aliphatic heterocycles. The van der Waals surface area contributed by atoms with Crippen LogP contribution < -0.4 is 0 Å². The Bertz CT molecular complexity index is 412. The van der Waals surface area contributed by atoms with Crippen LogP contribution in [0.5, 0.6) is 0 Å². The van der Waals surface area contributed by atoms with Crippen LogP contribution in [-0.2, 0) is 0 Å². The largest absolute Gasteiger partial charge is 0.388 e. The summed E-state index contributed by atoms with van der Waals surface area (Å²) in [7, 11) is -6.41. The van der Waals surface area contributed by atoms with Gasteiger partial charge in [0.25, 0.3) is 0 Å². The molecule has 0 aliphatic carbocycles. The highest BCUT2D eigenvalue weighted by atomic mass is 28.5. The van der Waals surface area contributed by atoms with Gasteiger partial charge in [-0.15, -0.1) is 0 Å². The van der Waals surface area contributed by atoms with Crippen LogP contribution in [0.3, 0.4) is 0 Å². The van der Waals surface area contributed by atoms with Gasteiger partial charge in [-0.25, -0.2) is 0 Å². The highest BCUT2D eigenvalue weighted by Gasteiger charge is 2.58. The SMILES string of the molecule is FC(F)(F)CC[Si]1(CCC(F)(F)F)C[Si](CCC(F)(F)F)(CCC(F)(F)F)C1. The monoisotopic (exact) mass is 472 g/mol. The average molecular weight is 472 g/mol. The number of halogens is 12. The average Bonchev–Trinajstić information content (AvgIpc) is 2.40. The van der Waals surface area contributed by atoms with E-state index >= 15 is 0 Å². The third kappa shape index (κ3) is 9.87. The van der Waals surface area contributed by atoms with E-state index in [-0.39, 0.29) is 11.3 Å². The summed E-state index contributed by atoms with van der Waals surface area (Å²) in [6, 6.07) is -2.28. The van der Waals surface area contributed by atoms with Crippen molar-refractivity contribution in [3.05, 3.63) is 0 Å². The predicted octanol–water partition coefficient (Wildman–Crippen LogP) is 7.79. The van der Waals surface area contributed by atoms with E-state index in [0.717, 1.165) is 0 Å². The van der Waals surface area contributed by atoms with E-state index in [9.17, 15) is 52.7 Å². The van der Waals surface area contributed by atoms with E-state index in [1.54, 1.807) is 0 Å². The maximum Gasteiger partial charge on any atom is 0.388 e. The molecule has 0 bridgehead atoms. The molecule has 1 rings (SSSR count). The predicted molar refractivity (Wildman–Crippen MR) is 83.0 cm³/mol. The molecule has 0 amide bonds. The van der Waals surface area contributed by atoms with Crippen LogP contribution in [0.15, 0.2) is 0 Å². The van der Waals surface area contributed by atoms with Crippen molar-refractivity contribution in [2.75, 3.05) is 0 Å². The molecule has 168 valence electrons. The normalized spacial score (nSPS) is 20.1. The molecular weight excluding hydrogens is 452 g/mol. The third-order valence-corrected chi connectivity index (χ3v) is 22.5. The smallest absolute Gasteiger partial charge is 0.171 e. The van der Waals surface area contributed by atoms with E-state index in [1.807, 2.05) is 0 Å². The second-order valence-corrected chi connectivity index (χ2v) is 18.6. The minimum Gasteiger partial charge on any atom is -0.171 e. The van der Waals surface area contributed by atoms with Gasteiger partial charge in [0, 0.05) is 41.8 Å². The number of rotatable bonds is 8. The van der Waals surface area contributed by atoms with E-state index < -0.39 is 90.7 Å². The topological polar surface area (TPSA) is 0 Å². The van der Waals surface area contributed by atoms with Crippen LogP contribution in [0.4, 0.5) is 52.7 Å². The molecule has 0 unspecified atom stereocenters. The van der Waals surface area contributed by atoms with Crippen molar-refractivity contribution in [1.82, 2.24) is 0 Å². The molecule has 1 fully saturated rings. The Hall–Kier alpha value is -0.406.